The summed E-state index contributed by atoms with van der Waals surface area (Å²) in [6.07, 6.45) is -4.75. The summed E-state index contributed by atoms with van der Waals surface area (Å²) in [4.78, 5) is 21.9. The highest BCUT2D eigenvalue weighted by molar-refractivity contribution is 5.92. The molecular formula is C16H12F3NO6. The second kappa shape index (κ2) is 7.30. The van der Waals surface area contributed by atoms with Gasteiger partial charge in [0.25, 0.3) is 0 Å². The van der Waals surface area contributed by atoms with Gasteiger partial charge in [-0.15, -0.1) is 0 Å². The predicted octanol–water partition coefficient (Wildman–Crippen LogP) is 4.20. The van der Waals surface area contributed by atoms with Crippen LogP contribution >= 0.6 is 0 Å². The van der Waals surface area contributed by atoms with E-state index in [9.17, 15) is 28.1 Å². The molecule has 0 saturated carbocycles. The number of halogens is 3. The van der Waals surface area contributed by atoms with Gasteiger partial charge >= 0.3 is 17.8 Å². The number of hydrogen-bond acceptors (Lipinski definition) is 6. The standard InChI is InChI=1S/C16H12F3NO6/c1-24-10-4-5-11(15(21)25-2)14(8-10)26-13-6-3-9(16(17,18)19)7-12(13)20(22)23/h3-8H,1-2H3. The maximum Gasteiger partial charge on any atom is 0.416 e. The van der Waals surface area contributed by atoms with Gasteiger partial charge in [-0.2, -0.15) is 13.2 Å². The van der Waals surface area contributed by atoms with Crippen molar-refractivity contribution in [2.24, 2.45) is 0 Å². The summed E-state index contributed by atoms with van der Waals surface area (Å²) in [5.74, 6) is -1.17. The van der Waals surface area contributed by atoms with Crippen molar-refractivity contribution < 1.29 is 37.1 Å². The van der Waals surface area contributed by atoms with Crippen molar-refractivity contribution in [1.82, 2.24) is 0 Å². The van der Waals surface area contributed by atoms with E-state index in [4.69, 9.17) is 9.47 Å². The first-order valence-electron chi connectivity index (χ1n) is 6.97. The molecule has 0 aliphatic carbocycles. The van der Waals surface area contributed by atoms with Gasteiger partial charge in [-0.1, -0.05) is 0 Å². The van der Waals surface area contributed by atoms with Crippen molar-refractivity contribution in [3.05, 3.63) is 57.6 Å². The summed E-state index contributed by atoms with van der Waals surface area (Å²) in [6, 6.07) is 5.79. The minimum Gasteiger partial charge on any atom is -0.497 e. The quantitative estimate of drug-likeness (QED) is 0.445. The minimum absolute atomic E-state index is 0.0810. The van der Waals surface area contributed by atoms with Crippen LogP contribution in [0.5, 0.6) is 17.2 Å². The van der Waals surface area contributed by atoms with E-state index in [1.165, 1.54) is 25.3 Å². The number of carbonyl (C=O) groups is 1. The van der Waals surface area contributed by atoms with Gasteiger partial charge in [-0.05, 0) is 24.3 Å². The SMILES string of the molecule is COC(=O)c1ccc(OC)cc1Oc1ccc(C(F)(F)F)cc1[N+](=O)[O-]. The van der Waals surface area contributed by atoms with E-state index in [1.807, 2.05) is 0 Å². The van der Waals surface area contributed by atoms with E-state index in [0.717, 1.165) is 13.2 Å². The van der Waals surface area contributed by atoms with E-state index < -0.39 is 34.1 Å². The highest BCUT2D eigenvalue weighted by atomic mass is 19.4. The molecule has 0 atom stereocenters. The molecule has 0 aliphatic rings. The van der Waals surface area contributed by atoms with Crippen LogP contribution in [0, 0.1) is 10.1 Å². The molecule has 7 nitrogen and oxygen atoms in total. The first-order chi connectivity index (χ1) is 12.2. The number of nitrogens with zero attached hydrogens (tertiary/aromatic N) is 1. The predicted molar refractivity (Wildman–Crippen MR) is 82.5 cm³/mol. The lowest BCUT2D eigenvalue weighted by Gasteiger charge is -2.13. The third-order valence-electron chi connectivity index (χ3n) is 3.30. The third kappa shape index (κ3) is 4.02. The fourth-order valence-corrected chi connectivity index (χ4v) is 2.03. The number of rotatable bonds is 5. The van der Waals surface area contributed by atoms with Gasteiger partial charge in [-0.3, -0.25) is 10.1 Å². The summed E-state index contributed by atoms with van der Waals surface area (Å²) in [7, 11) is 2.47. The summed E-state index contributed by atoms with van der Waals surface area (Å²) < 4.78 is 53.2. The number of hydrogen-bond donors (Lipinski definition) is 0. The third-order valence-corrected chi connectivity index (χ3v) is 3.30. The molecular weight excluding hydrogens is 359 g/mol. The van der Waals surface area contributed by atoms with Gasteiger partial charge in [0.15, 0.2) is 0 Å². The van der Waals surface area contributed by atoms with E-state index in [1.54, 1.807) is 0 Å². The van der Waals surface area contributed by atoms with Crippen LogP contribution in [-0.4, -0.2) is 25.1 Å². The monoisotopic (exact) mass is 371 g/mol. The Morgan fingerprint density at radius 1 is 1.08 bits per heavy atom. The molecule has 0 aromatic heterocycles. The fraction of sp³-hybridized carbons (Fsp3) is 0.188. The molecule has 0 N–H and O–H groups in total. The molecule has 2 rings (SSSR count). The molecule has 2 aromatic carbocycles. The lowest BCUT2D eigenvalue weighted by molar-refractivity contribution is -0.385. The normalized spacial score (nSPS) is 11.0. The molecule has 0 saturated heterocycles. The average molecular weight is 371 g/mol. The van der Waals surface area contributed by atoms with Crippen molar-refractivity contribution in [3.63, 3.8) is 0 Å². The molecule has 0 aliphatic heterocycles. The zero-order chi connectivity index (χ0) is 19.5. The molecule has 0 unspecified atom stereocenters. The number of benzene rings is 2. The van der Waals surface area contributed by atoms with Crippen LogP contribution in [0.2, 0.25) is 0 Å². The maximum absolute atomic E-state index is 12.8. The molecule has 2 aromatic rings. The van der Waals surface area contributed by atoms with Crippen LogP contribution < -0.4 is 9.47 Å². The summed E-state index contributed by atoms with van der Waals surface area (Å²) in [6.45, 7) is 0. The van der Waals surface area contributed by atoms with Crippen LogP contribution in [-0.2, 0) is 10.9 Å². The zero-order valence-electron chi connectivity index (χ0n) is 13.5. The first kappa shape index (κ1) is 19.0. The van der Waals surface area contributed by atoms with Crippen molar-refractivity contribution in [2.45, 2.75) is 6.18 Å². The molecule has 26 heavy (non-hydrogen) atoms. The van der Waals surface area contributed by atoms with Gasteiger partial charge in [0.05, 0.1) is 24.7 Å². The molecule has 0 radical (unpaired) electrons. The number of nitro groups is 1. The number of alkyl halides is 3. The summed E-state index contributed by atoms with van der Waals surface area (Å²) in [5, 5.41) is 11.1. The maximum atomic E-state index is 12.8. The van der Waals surface area contributed by atoms with E-state index in [0.29, 0.717) is 12.1 Å². The topological polar surface area (TPSA) is 87.9 Å². The van der Waals surface area contributed by atoms with Gasteiger partial charge in [0.1, 0.15) is 17.1 Å². The largest absolute Gasteiger partial charge is 0.497 e. The van der Waals surface area contributed by atoms with Crippen LogP contribution in [0.15, 0.2) is 36.4 Å². The highest BCUT2D eigenvalue weighted by Crippen LogP contribution is 2.39. The Bertz CT molecular complexity index is 850. The molecule has 138 valence electrons. The number of carbonyl (C=O) groups excluding carboxylic acids is 1. The summed E-state index contributed by atoms with van der Waals surface area (Å²) in [5.41, 5.74) is -2.18. The number of ether oxygens (including phenoxy) is 3. The number of nitro benzene ring substituents is 1. The Kier molecular flexibility index (Phi) is 5.34. The molecule has 0 spiro atoms. The van der Waals surface area contributed by atoms with Gasteiger partial charge in [0, 0.05) is 12.1 Å². The second-order valence-corrected chi connectivity index (χ2v) is 4.89. The van der Waals surface area contributed by atoms with E-state index >= 15 is 0 Å². The highest BCUT2D eigenvalue weighted by Gasteiger charge is 2.33. The van der Waals surface area contributed by atoms with E-state index in [2.05, 4.69) is 4.74 Å². The Balaban J connectivity index is 2.54. The van der Waals surface area contributed by atoms with Crippen LogP contribution in [0.25, 0.3) is 0 Å². The van der Waals surface area contributed by atoms with Gasteiger partial charge < -0.3 is 14.2 Å². The number of esters is 1. The number of methoxy groups -OCH3 is 2. The lowest BCUT2D eigenvalue weighted by Crippen LogP contribution is -2.07. The lowest BCUT2D eigenvalue weighted by atomic mass is 10.1. The van der Waals surface area contributed by atoms with Crippen LogP contribution in [0.1, 0.15) is 15.9 Å². The van der Waals surface area contributed by atoms with Crippen molar-refractivity contribution in [2.75, 3.05) is 14.2 Å². The van der Waals surface area contributed by atoms with Crippen LogP contribution in [0.3, 0.4) is 0 Å². The van der Waals surface area contributed by atoms with Gasteiger partial charge in [-0.25, -0.2) is 4.79 Å². The minimum atomic E-state index is -4.75. The van der Waals surface area contributed by atoms with Gasteiger partial charge in [0.2, 0.25) is 5.75 Å². The van der Waals surface area contributed by atoms with Crippen molar-refractivity contribution in [1.29, 1.82) is 0 Å². The van der Waals surface area contributed by atoms with Crippen molar-refractivity contribution >= 4 is 11.7 Å². The Labute approximate surface area is 145 Å². The summed E-state index contributed by atoms with van der Waals surface area (Å²) >= 11 is 0. The molecule has 0 fully saturated rings. The second-order valence-electron chi connectivity index (χ2n) is 4.89. The molecule has 0 bridgehead atoms. The van der Waals surface area contributed by atoms with Crippen LogP contribution in [0.4, 0.5) is 18.9 Å². The Morgan fingerprint density at radius 3 is 2.31 bits per heavy atom. The van der Waals surface area contributed by atoms with E-state index in [-0.39, 0.29) is 17.1 Å². The molecule has 0 amide bonds. The average Bonchev–Trinajstić information content (AvgIpc) is 2.60. The fourth-order valence-electron chi connectivity index (χ4n) is 2.03. The Morgan fingerprint density at radius 2 is 1.77 bits per heavy atom. The molecule has 0 heterocycles. The molecule has 10 heteroatoms. The zero-order valence-corrected chi connectivity index (χ0v) is 13.5. The first-order valence-corrected chi connectivity index (χ1v) is 6.97. The Hall–Kier alpha value is -3.30. The van der Waals surface area contributed by atoms with Crippen molar-refractivity contribution in [3.8, 4) is 17.2 Å². The smallest absolute Gasteiger partial charge is 0.416 e.